The largest absolute Gasteiger partial charge is 0.502 e. The van der Waals surface area contributed by atoms with E-state index in [2.05, 4.69) is 0 Å². The van der Waals surface area contributed by atoms with Gasteiger partial charge in [0.05, 0.1) is 5.56 Å². The Morgan fingerprint density at radius 2 is 1.73 bits per heavy atom. The van der Waals surface area contributed by atoms with Gasteiger partial charge in [0.2, 0.25) is 5.43 Å². The predicted molar refractivity (Wildman–Crippen MR) is 132 cm³/mol. The van der Waals surface area contributed by atoms with Gasteiger partial charge in [-0.2, -0.15) is 0 Å². The lowest BCUT2D eigenvalue weighted by molar-refractivity contribution is -0.0664. The number of aromatic nitrogens is 1. The summed E-state index contributed by atoms with van der Waals surface area (Å²) in [5, 5.41) is 12.5. The number of hydrogen-bond acceptors (Lipinski definition) is 5. The number of nitrogens with zero attached hydrogens (tertiary/aromatic N) is 3. The Hall–Kier alpha value is -3.23. The zero-order valence-electron chi connectivity index (χ0n) is 20.9. The molecule has 1 aromatic heterocycles. The topological polar surface area (TPSA) is 82.8 Å². The van der Waals surface area contributed by atoms with Gasteiger partial charge >= 0.3 is 0 Å². The number of amides is 1. The Labute approximate surface area is 213 Å². The zero-order chi connectivity index (χ0) is 26.1. The van der Waals surface area contributed by atoms with Gasteiger partial charge in [0.1, 0.15) is 18.3 Å². The van der Waals surface area contributed by atoms with E-state index in [4.69, 9.17) is 0 Å². The molecule has 1 aliphatic heterocycles. The summed E-state index contributed by atoms with van der Waals surface area (Å²) in [5.74, 6) is -0.993. The van der Waals surface area contributed by atoms with Crippen LogP contribution in [0.25, 0.3) is 0 Å². The Balaban J connectivity index is 1.24. The van der Waals surface area contributed by atoms with Crippen LogP contribution in [0, 0.1) is 34.8 Å². The van der Waals surface area contributed by atoms with Gasteiger partial charge in [0.15, 0.2) is 17.2 Å². The third-order valence-corrected chi connectivity index (χ3v) is 9.03. The van der Waals surface area contributed by atoms with Crippen LogP contribution in [0.15, 0.2) is 29.2 Å². The average Bonchev–Trinajstić information content (AvgIpc) is 2.82. The molecule has 0 unspecified atom stereocenters. The van der Waals surface area contributed by atoms with Crippen LogP contribution < -0.4 is 10.4 Å². The number of benzene rings is 1. The molecule has 37 heavy (non-hydrogen) atoms. The van der Waals surface area contributed by atoms with Crippen LogP contribution in [0.1, 0.15) is 71.4 Å². The van der Waals surface area contributed by atoms with Crippen LogP contribution in [0.5, 0.6) is 5.75 Å². The standard InChI is InChI=1S/C28H31F2N3O4/c1-31-15-32(14-28-10-16-6-17(11-28)8-18(7-16)12-28)27(37)24-26(36)25(35)21(13-33(24)31)23(34)5-3-19-2-4-20(29)9-22(19)30/h2,4,9,13,16-18,36H,3,5-8,10-12,14-15H2,1H3. The summed E-state index contributed by atoms with van der Waals surface area (Å²) in [6, 6.07) is 3.12. The minimum absolute atomic E-state index is 0.0273. The number of hydrogen-bond donors (Lipinski definition) is 1. The fourth-order valence-electron chi connectivity index (χ4n) is 7.90. The number of carbonyl (C=O) groups excluding carboxylic acids is 2. The van der Waals surface area contributed by atoms with E-state index in [0.717, 1.165) is 49.1 Å². The maximum Gasteiger partial charge on any atom is 0.277 e. The molecule has 7 rings (SSSR count). The number of fused-ring (bicyclic) bond motifs is 1. The summed E-state index contributed by atoms with van der Waals surface area (Å²) in [4.78, 5) is 41.1. The second kappa shape index (κ2) is 8.67. The van der Waals surface area contributed by atoms with E-state index in [1.54, 1.807) is 17.0 Å². The lowest BCUT2D eigenvalue weighted by Crippen LogP contribution is -2.58. The first-order valence-corrected chi connectivity index (χ1v) is 13.1. The first-order valence-electron chi connectivity index (χ1n) is 13.1. The quantitative estimate of drug-likeness (QED) is 0.596. The highest BCUT2D eigenvalue weighted by Crippen LogP contribution is 2.60. The molecule has 4 saturated carbocycles. The molecular formula is C28H31F2N3O4. The number of aryl methyl sites for hydroxylation is 1. The van der Waals surface area contributed by atoms with E-state index in [1.165, 1.54) is 36.2 Å². The molecule has 2 aromatic rings. The van der Waals surface area contributed by atoms with Crippen molar-refractivity contribution in [2.75, 3.05) is 25.3 Å². The normalized spacial score (nSPS) is 28.1. The van der Waals surface area contributed by atoms with Crippen molar-refractivity contribution in [2.24, 2.45) is 23.2 Å². The lowest BCUT2D eigenvalue weighted by Gasteiger charge is -2.58. The Kier molecular flexibility index (Phi) is 5.65. The summed E-state index contributed by atoms with van der Waals surface area (Å²) < 4.78 is 28.5. The van der Waals surface area contributed by atoms with Crippen molar-refractivity contribution in [3.63, 3.8) is 0 Å². The van der Waals surface area contributed by atoms with Crippen molar-refractivity contribution in [2.45, 2.75) is 51.4 Å². The van der Waals surface area contributed by atoms with Crippen molar-refractivity contribution in [1.29, 1.82) is 0 Å². The molecule has 0 radical (unpaired) electrons. The minimum Gasteiger partial charge on any atom is -0.502 e. The van der Waals surface area contributed by atoms with Crippen LogP contribution in [0.3, 0.4) is 0 Å². The van der Waals surface area contributed by atoms with Gasteiger partial charge in [-0.3, -0.25) is 24.1 Å². The number of Topliss-reactive ketones (excluding diaryl/α,β-unsaturated/α-hetero) is 1. The van der Waals surface area contributed by atoms with E-state index in [1.807, 2.05) is 0 Å². The molecular weight excluding hydrogens is 480 g/mol. The van der Waals surface area contributed by atoms with Crippen LogP contribution in [0.4, 0.5) is 8.78 Å². The van der Waals surface area contributed by atoms with Gasteiger partial charge in [-0.25, -0.2) is 8.78 Å². The van der Waals surface area contributed by atoms with E-state index >= 15 is 0 Å². The number of rotatable bonds is 6. The van der Waals surface area contributed by atoms with Crippen molar-refractivity contribution in [3.8, 4) is 5.75 Å². The van der Waals surface area contributed by atoms with E-state index in [-0.39, 0.29) is 41.7 Å². The summed E-state index contributed by atoms with van der Waals surface area (Å²) in [6.07, 6.45) is 8.37. The van der Waals surface area contributed by atoms with E-state index in [9.17, 15) is 28.3 Å². The molecule has 7 nitrogen and oxygen atoms in total. The smallest absolute Gasteiger partial charge is 0.277 e. The van der Waals surface area contributed by atoms with Crippen molar-refractivity contribution < 1.29 is 23.5 Å². The first kappa shape index (κ1) is 24.1. The van der Waals surface area contributed by atoms with Gasteiger partial charge < -0.3 is 10.0 Å². The van der Waals surface area contributed by atoms with Gasteiger partial charge in [-0.1, -0.05) is 6.07 Å². The third-order valence-electron chi connectivity index (χ3n) is 9.03. The fourth-order valence-corrected chi connectivity index (χ4v) is 7.90. The Bertz CT molecular complexity index is 1320. The molecule has 4 fully saturated rings. The molecule has 1 N–H and O–H groups in total. The fraction of sp³-hybridized carbons (Fsp3) is 0.536. The van der Waals surface area contributed by atoms with E-state index in [0.29, 0.717) is 6.54 Å². The summed E-state index contributed by atoms with van der Waals surface area (Å²) in [6.45, 7) is 0.890. The number of pyridine rings is 1. The summed E-state index contributed by atoms with van der Waals surface area (Å²) in [7, 11) is 1.74. The molecule has 5 aliphatic rings. The highest BCUT2D eigenvalue weighted by Gasteiger charge is 2.52. The van der Waals surface area contributed by atoms with Crippen molar-refractivity contribution >= 4 is 11.7 Å². The molecule has 4 bridgehead atoms. The number of aromatic hydroxyl groups is 1. The first-order chi connectivity index (χ1) is 17.6. The van der Waals surface area contributed by atoms with Gasteiger partial charge in [-0.05, 0) is 79.7 Å². The van der Waals surface area contributed by atoms with E-state index < -0.39 is 34.5 Å². The highest BCUT2D eigenvalue weighted by molar-refractivity contribution is 6.00. The molecule has 2 heterocycles. The molecule has 0 saturated heterocycles. The molecule has 4 aliphatic carbocycles. The maximum absolute atomic E-state index is 14.0. The second-order valence-corrected chi connectivity index (χ2v) is 11.8. The SMILES string of the molecule is CN1CN(CC23CC4CC(CC(C4)C2)C3)C(=O)c2c(O)c(=O)c(C(=O)CCc3ccc(F)cc3F)cn21. The Morgan fingerprint density at radius 1 is 1.08 bits per heavy atom. The third kappa shape index (κ3) is 4.12. The van der Waals surface area contributed by atoms with Gasteiger partial charge in [-0.15, -0.1) is 0 Å². The van der Waals surface area contributed by atoms with Gasteiger partial charge in [0.25, 0.3) is 5.91 Å². The number of ketones is 1. The molecule has 0 atom stereocenters. The number of carbonyl (C=O) groups is 2. The number of halogens is 2. The van der Waals surface area contributed by atoms with Crippen LogP contribution in [0.2, 0.25) is 0 Å². The molecule has 9 heteroatoms. The molecule has 196 valence electrons. The van der Waals surface area contributed by atoms with Crippen molar-refractivity contribution in [1.82, 2.24) is 9.58 Å². The summed E-state index contributed by atoms with van der Waals surface area (Å²) in [5.41, 5.74) is -1.05. The zero-order valence-corrected chi connectivity index (χ0v) is 20.9. The predicted octanol–water partition coefficient (Wildman–Crippen LogP) is 3.85. The Morgan fingerprint density at radius 3 is 2.35 bits per heavy atom. The van der Waals surface area contributed by atoms with Gasteiger partial charge in [0, 0.05) is 32.3 Å². The molecule has 1 aromatic carbocycles. The van der Waals surface area contributed by atoms with Crippen molar-refractivity contribution in [3.05, 3.63) is 63.1 Å². The summed E-state index contributed by atoms with van der Waals surface area (Å²) >= 11 is 0. The monoisotopic (exact) mass is 511 g/mol. The lowest BCUT2D eigenvalue weighted by atomic mass is 9.49. The highest BCUT2D eigenvalue weighted by atomic mass is 19.1. The maximum atomic E-state index is 14.0. The van der Waals surface area contributed by atoms with Crippen LogP contribution >= 0.6 is 0 Å². The molecule has 1 amide bonds. The van der Waals surface area contributed by atoms with Crippen LogP contribution in [-0.4, -0.2) is 46.6 Å². The average molecular weight is 512 g/mol. The van der Waals surface area contributed by atoms with Crippen LogP contribution in [-0.2, 0) is 6.42 Å². The minimum atomic E-state index is -0.908. The molecule has 0 spiro atoms. The second-order valence-electron chi connectivity index (χ2n) is 11.8.